The van der Waals surface area contributed by atoms with Crippen molar-refractivity contribution in [3.8, 4) is 0 Å². The van der Waals surface area contributed by atoms with Gasteiger partial charge >= 0.3 is 5.69 Å². The Morgan fingerprint density at radius 1 is 1.58 bits per heavy atom. The van der Waals surface area contributed by atoms with Crippen molar-refractivity contribution in [2.45, 2.75) is 25.4 Å². The third kappa shape index (κ3) is 2.73. The summed E-state index contributed by atoms with van der Waals surface area (Å²) < 4.78 is 0. The summed E-state index contributed by atoms with van der Waals surface area (Å²) >= 11 is 0. The number of nitrogens with one attached hydrogen (secondary N) is 1. The number of aliphatic hydroxyl groups is 1. The molecule has 19 heavy (non-hydrogen) atoms. The number of anilines is 2. The average molecular weight is 267 g/mol. The SMILES string of the molecule is CNc1ncnc(N2CCCC(C)(O)C2)c1[N+](=O)[O-]. The van der Waals surface area contributed by atoms with Crippen LogP contribution >= 0.6 is 0 Å². The molecule has 1 atom stereocenters. The van der Waals surface area contributed by atoms with Crippen molar-refractivity contribution in [3.05, 3.63) is 16.4 Å². The number of hydrogen-bond donors (Lipinski definition) is 2. The second-order valence-electron chi connectivity index (χ2n) is 4.92. The van der Waals surface area contributed by atoms with Crippen molar-refractivity contribution in [3.63, 3.8) is 0 Å². The van der Waals surface area contributed by atoms with Gasteiger partial charge in [0.2, 0.25) is 11.6 Å². The molecule has 2 rings (SSSR count). The molecule has 0 amide bonds. The Morgan fingerprint density at radius 2 is 2.32 bits per heavy atom. The van der Waals surface area contributed by atoms with Gasteiger partial charge in [-0.15, -0.1) is 0 Å². The Morgan fingerprint density at radius 3 is 2.89 bits per heavy atom. The third-order valence-corrected chi connectivity index (χ3v) is 3.20. The van der Waals surface area contributed by atoms with Crippen molar-refractivity contribution >= 4 is 17.3 Å². The van der Waals surface area contributed by atoms with Gasteiger partial charge in [0.15, 0.2) is 0 Å². The molecule has 2 heterocycles. The summed E-state index contributed by atoms with van der Waals surface area (Å²) in [5.74, 6) is 0.435. The Kier molecular flexibility index (Phi) is 3.52. The number of nitrogens with zero attached hydrogens (tertiary/aromatic N) is 4. The Balaban J connectivity index is 2.41. The highest BCUT2D eigenvalue weighted by Gasteiger charge is 2.34. The minimum Gasteiger partial charge on any atom is -0.388 e. The van der Waals surface area contributed by atoms with Crippen molar-refractivity contribution in [1.29, 1.82) is 0 Å². The Labute approximate surface area is 110 Å². The van der Waals surface area contributed by atoms with Crippen LogP contribution in [0.3, 0.4) is 0 Å². The number of β-amino-alcohol motifs (C(OH)–C–C–N with tert-alkyl or cyclic N) is 1. The second-order valence-corrected chi connectivity index (χ2v) is 4.92. The number of nitro groups is 1. The number of hydrogen-bond acceptors (Lipinski definition) is 7. The lowest BCUT2D eigenvalue weighted by Gasteiger charge is -2.37. The molecule has 0 saturated carbocycles. The molecule has 1 aromatic rings. The first-order valence-electron chi connectivity index (χ1n) is 6.09. The lowest BCUT2D eigenvalue weighted by atomic mass is 9.95. The second kappa shape index (κ2) is 4.96. The number of piperidine rings is 1. The standard InChI is InChI=1S/C11H17N5O3/c1-11(17)4-3-5-15(6-11)10-8(16(18)19)9(12-2)13-7-14-10/h7,17H,3-6H2,1-2H3,(H,12,13,14). The molecule has 0 spiro atoms. The summed E-state index contributed by atoms with van der Waals surface area (Å²) in [7, 11) is 1.57. The van der Waals surface area contributed by atoms with E-state index in [0.29, 0.717) is 19.5 Å². The summed E-state index contributed by atoms with van der Waals surface area (Å²) in [6.45, 7) is 2.69. The fourth-order valence-corrected chi connectivity index (χ4v) is 2.35. The average Bonchev–Trinajstić information content (AvgIpc) is 2.36. The van der Waals surface area contributed by atoms with Crippen molar-refractivity contribution in [1.82, 2.24) is 9.97 Å². The minimum atomic E-state index is -0.850. The summed E-state index contributed by atoms with van der Waals surface area (Å²) in [5.41, 5.74) is -1.00. The molecule has 1 saturated heterocycles. The van der Waals surface area contributed by atoms with Crippen molar-refractivity contribution in [2.24, 2.45) is 0 Å². The van der Waals surface area contributed by atoms with E-state index in [1.165, 1.54) is 6.33 Å². The van der Waals surface area contributed by atoms with Gasteiger partial charge in [0, 0.05) is 20.1 Å². The highest BCUT2D eigenvalue weighted by molar-refractivity contribution is 5.70. The molecule has 104 valence electrons. The van der Waals surface area contributed by atoms with Gasteiger partial charge in [-0.2, -0.15) is 0 Å². The molecular formula is C11H17N5O3. The zero-order valence-corrected chi connectivity index (χ0v) is 11.0. The topological polar surface area (TPSA) is 104 Å². The first kappa shape index (κ1) is 13.5. The number of aromatic nitrogens is 2. The molecule has 0 aromatic carbocycles. The van der Waals surface area contributed by atoms with Crippen molar-refractivity contribution in [2.75, 3.05) is 30.4 Å². The lowest BCUT2D eigenvalue weighted by Crippen LogP contribution is -2.46. The molecule has 1 fully saturated rings. The zero-order chi connectivity index (χ0) is 14.0. The lowest BCUT2D eigenvalue weighted by molar-refractivity contribution is -0.383. The van der Waals surface area contributed by atoms with E-state index in [2.05, 4.69) is 15.3 Å². The molecule has 0 bridgehead atoms. The maximum Gasteiger partial charge on any atom is 0.353 e. The smallest absolute Gasteiger partial charge is 0.353 e. The highest BCUT2D eigenvalue weighted by Crippen LogP contribution is 2.34. The van der Waals surface area contributed by atoms with E-state index in [-0.39, 0.29) is 17.3 Å². The molecule has 8 nitrogen and oxygen atoms in total. The van der Waals surface area contributed by atoms with Crippen LogP contribution < -0.4 is 10.2 Å². The molecule has 2 N–H and O–H groups in total. The van der Waals surface area contributed by atoms with Gasteiger partial charge in [0.1, 0.15) is 6.33 Å². The first-order valence-corrected chi connectivity index (χ1v) is 6.09. The van der Waals surface area contributed by atoms with Gasteiger partial charge in [-0.1, -0.05) is 0 Å². The Bertz CT molecular complexity index is 491. The predicted molar refractivity (Wildman–Crippen MR) is 70.3 cm³/mol. The van der Waals surface area contributed by atoms with E-state index < -0.39 is 10.5 Å². The highest BCUT2D eigenvalue weighted by atomic mass is 16.6. The van der Waals surface area contributed by atoms with Gasteiger partial charge in [0.05, 0.1) is 10.5 Å². The van der Waals surface area contributed by atoms with Crippen LogP contribution in [0.1, 0.15) is 19.8 Å². The van der Waals surface area contributed by atoms with E-state index in [0.717, 1.165) is 6.42 Å². The summed E-state index contributed by atoms with van der Waals surface area (Å²) in [4.78, 5) is 20.3. The molecular weight excluding hydrogens is 250 g/mol. The fourth-order valence-electron chi connectivity index (χ4n) is 2.35. The fraction of sp³-hybridized carbons (Fsp3) is 0.636. The largest absolute Gasteiger partial charge is 0.388 e. The minimum absolute atomic E-state index is 0.150. The van der Waals surface area contributed by atoms with Gasteiger partial charge in [0.25, 0.3) is 0 Å². The number of rotatable bonds is 3. The quantitative estimate of drug-likeness (QED) is 0.615. The molecule has 8 heteroatoms. The first-order chi connectivity index (χ1) is 8.94. The molecule has 0 aliphatic carbocycles. The summed E-state index contributed by atoms with van der Waals surface area (Å²) in [6, 6.07) is 0. The zero-order valence-electron chi connectivity index (χ0n) is 11.0. The van der Waals surface area contributed by atoms with Crippen LogP contribution in [-0.2, 0) is 0 Å². The van der Waals surface area contributed by atoms with Gasteiger partial charge in [-0.05, 0) is 19.8 Å². The predicted octanol–water partition coefficient (Wildman–Crippen LogP) is 0.778. The van der Waals surface area contributed by atoms with Crippen molar-refractivity contribution < 1.29 is 10.0 Å². The van der Waals surface area contributed by atoms with Gasteiger partial charge < -0.3 is 15.3 Å². The van der Waals surface area contributed by atoms with Crippen LogP contribution in [0.2, 0.25) is 0 Å². The third-order valence-electron chi connectivity index (χ3n) is 3.20. The Hall–Kier alpha value is -1.96. The van der Waals surface area contributed by atoms with E-state index in [1.54, 1.807) is 18.9 Å². The van der Waals surface area contributed by atoms with Crippen LogP contribution in [0.25, 0.3) is 0 Å². The molecule has 1 aliphatic rings. The molecule has 1 aromatic heterocycles. The van der Waals surface area contributed by atoms with Crippen LogP contribution in [0.4, 0.5) is 17.3 Å². The van der Waals surface area contributed by atoms with E-state index >= 15 is 0 Å². The van der Waals surface area contributed by atoms with E-state index in [9.17, 15) is 15.2 Å². The van der Waals surface area contributed by atoms with Gasteiger partial charge in [-0.3, -0.25) is 10.1 Å². The summed E-state index contributed by atoms with van der Waals surface area (Å²) in [6.07, 6.45) is 2.74. The van der Waals surface area contributed by atoms with Crippen LogP contribution in [0, 0.1) is 10.1 Å². The molecule has 0 radical (unpaired) electrons. The monoisotopic (exact) mass is 267 g/mol. The van der Waals surface area contributed by atoms with Crippen LogP contribution in [0.15, 0.2) is 6.33 Å². The van der Waals surface area contributed by atoms with Crippen LogP contribution in [-0.4, -0.2) is 45.7 Å². The van der Waals surface area contributed by atoms with Crippen LogP contribution in [0.5, 0.6) is 0 Å². The van der Waals surface area contributed by atoms with E-state index in [4.69, 9.17) is 0 Å². The maximum absolute atomic E-state index is 11.2. The van der Waals surface area contributed by atoms with Gasteiger partial charge in [-0.25, -0.2) is 9.97 Å². The molecule has 1 unspecified atom stereocenters. The normalized spacial score (nSPS) is 23.2. The summed E-state index contributed by atoms with van der Waals surface area (Å²) in [5, 5.41) is 24.0. The van der Waals surface area contributed by atoms with E-state index in [1.807, 2.05) is 0 Å². The molecule has 1 aliphatic heterocycles. The maximum atomic E-state index is 11.2.